The van der Waals surface area contributed by atoms with Crippen LogP contribution in [0.25, 0.3) is 10.9 Å². The van der Waals surface area contributed by atoms with Crippen molar-refractivity contribution in [2.75, 3.05) is 18.8 Å². The zero-order valence-electron chi connectivity index (χ0n) is 13.8. The number of rotatable bonds is 2. The molecule has 1 aliphatic heterocycles. The van der Waals surface area contributed by atoms with Gasteiger partial charge < -0.3 is 15.8 Å². The molecule has 7 heteroatoms. The Labute approximate surface area is 135 Å². The average molecular weight is 317 g/mol. The van der Waals surface area contributed by atoms with Gasteiger partial charge in [0.05, 0.1) is 16.9 Å². The van der Waals surface area contributed by atoms with Crippen LogP contribution in [0.3, 0.4) is 0 Å². The second kappa shape index (κ2) is 5.81. The summed E-state index contributed by atoms with van der Waals surface area (Å²) in [5.41, 5.74) is 6.49. The zero-order valence-corrected chi connectivity index (χ0v) is 13.8. The van der Waals surface area contributed by atoms with Gasteiger partial charge in [-0.25, -0.2) is 9.78 Å². The predicted molar refractivity (Wildman–Crippen MR) is 88.2 cm³/mol. The van der Waals surface area contributed by atoms with Gasteiger partial charge in [-0.15, -0.1) is 0 Å². The van der Waals surface area contributed by atoms with Crippen molar-refractivity contribution >= 4 is 22.7 Å². The van der Waals surface area contributed by atoms with E-state index in [4.69, 9.17) is 10.5 Å². The Morgan fingerprint density at radius 2 is 2.26 bits per heavy atom. The lowest BCUT2D eigenvalue weighted by Crippen LogP contribution is -2.32. The molecule has 0 aromatic carbocycles. The number of hydrogen-bond acceptors (Lipinski definition) is 6. The normalized spacial score (nSPS) is 19.0. The standard InChI is InChI=1S/C16H23N5O2/c1-16(2,3)23-15(22)13-12-11(6-8-19-14(12)17)21(20-13)10-5-4-7-18-9-10/h6,8,10,18H,4-5,7,9H2,1-3H3,(H2,17,19)/t10-/m1/s1. The maximum atomic E-state index is 12.5. The number of nitrogen functional groups attached to an aromatic ring is 1. The molecule has 0 amide bonds. The quantitative estimate of drug-likeness (QED) is 0.821. The van der Waals surface area contributed by atoms with E-state index >= 15 is 0 Å². The number of carbonyl (C=O) groups is 1. The summed E-state index contributed by atoms with van der Waals surface area (Å²) < 4.78 is 7.36. The van der Waals surface area contributed by atoms with Gasteiger partial charge in [-0.3, -0.25) is 4.68 Å². The fourth-order valence-corrected chi connectivity index (χ4v) is 2.90. The van der Waals surface area contributed by atoms with Crippen molar-refractivity contribution in [3.05, 3.63) is 18.0 Å². The van der Waals surface area contributed by atoms with Crippen LogP contribution >= 0.6 is 0 Å². The molecule has 0 spiro atoms. The van der Waals surface area contributed by atoms with Gasteiger partial charge in [-0.1, -0.05) is 0 Å². The van der Waals surface area contributed by atoms with Crippen LogP contribution in [0.1, 0.15) is 50.1 Å². The Morgan fingerprint density at radius 1 is 1.48 bits per heavy atom. The summed E-state index contributed by atoms with van der Waals surface area (Å²) >= 11 is 0. The molecule has 0 bridgehead atoms. The third-order valence-electron chi connectivity index (χ3n) is 3.86. The van der Waals surface area contributed by atoms with Gasteiger partial charge >= 0.3 is 5.97 Å². The first kappa shape index (κ1) is 15.7. The van der Waals surface area contributed by atoms with Crippen LogP contribution in [-0.4, -0.2) is 39.4 Å². The predicted octanol–water partition coefficient (Wildman–Crippen LogP) is 1.89. The molecule has 0 aliphatic carbocycles. The number of ether oxygens (including phenoxy) is 1. The van der Waals surface area contributed by atoms with Crippen LogP contribution in [0.5, 0.6) is 0 Å². The van der Waals surface area contributed by atoms with Crippen molar-refractivity contribution in [2.45, 2.75) is 45.3 Å². The molecule has 7 nitrogen and oxygen atoms in total. The van der Waals surface area contributed by atoms with Crippen molar-refractivity contribution in [2.24, 2.45) is 0 Å². The lowest BCUT2D eigenvalue weighted by atomic mass is 10.1. The molecule has 0 saturated carbocycles. The molecule has 1 saturated heterocycles. The van der Waals surface area contributed by atoms with Crippen LogP contribution < -0.4 is 11.1 Å². The fraction of sp³-hybridized carbons (Fsp3) is 0.562. The molecule has 2 aromatic heterocycles. The Balaban J connectivity index is 2.09. The molecule has 0 radical (unpaired) electrons. The van der Waals surface area contributed by atoms with E-state index in [-0.39, 0.29) is 11.7 Å². The summed E-state index contributed by atoms with van der Waals surface area (Å²) in [7, 11) is 0. The van der Waals surface area contributed by atoms with E-state index in [1.54, 1.807) is 6.20 Å². The zero-order chi connectivity index (χ0) is 16.6. The van der Waals surface area contributed by atoms with Crippen LogP contribution in [0.4, 0.5) is 5.82 Å². The first-order valence-corrected chi connectivity index (χ1v) is 7.93. The van der Waals surface area contributed by atoms with Gasteiger partial charge in [0.25, 0.3) is 0 Å². The monoisotopic (exact) mass is 317 g/mol. The smallest absolute Gasteiger partial charge is 0.360 e. The van der Waals surface area contributed by atoms with Crippen LogP contribution in [0.15, 0.2) is 12.3 Å². The van der Waals surface area contributed by atoms with E-state index in [1.165, 1.54) is 0 Å². The average Bonchev–Trinajstić information content (AvgIpc) is 2.87. The van der Waals surface area contributed by atoms with Gasteiger partial charge in [-0.05, 0) is 46.2 Å². The molecule has 3 rings (SSSR count). The number of pyridine rings is 1. The number of piperidine rings is 1. The summed E-state index contributed by atoms with van der Waals surface area (Å²) in [4.78, 5) is 16.6. The fourth-order valence-electron chi connectivity index (χ4n) is 2.90. The molecule has 0 unspecified atom stereocenters. The minimum Gasteiger partial charge on any atom is -0.455 e. The molecular formula is C16H23N5O2. The molecule has 1 fully saturated rings. The highest BCUT2D eigenvalue weighted by atomic mass is 16.6. The van der Waals surface area contributed by atoms with Crippen LogP contribution in [0.2, 0.25) is 0 Å². The van der Waals surface area contributed by atoms with Crippen LogP contribution in [-0.2, 0) is 4.74 Å². The number of nitrogens with two attached hydrogens (primary N) is 1. The Morgan fingerprint density at radius 3 is 2.91 bits per heavy atom. The number of hydrogen-bond donors (Lipinski definition) is 2. The number of fused-ring (bicyclic) bond motifs is 1. The summed E-state index contributed by atoms with van der Waals surface area (Å²) in [6, 6.07) is 2.05. The van der Waals surface area contributed by atoms with Crippen molar-refractivity contribution in [1.29, 1.82) is 0 Å². The number of nitrogens with one attached hydrogen (secondary N) is 1. The minimum absolute atomic E-state index is 0.198. The lowest BCUT2D eigenvalue weighted by molar-refractivity contribution is 0.00637. The minimum atomic E-state index is -0.587. The first-order valence-electron chi connectivity index (χ1n) is 7.93. The molecule has 2 aromatic rings. The Hall–Kier alpha value is -2.15. The lowest BCUT2D eigenvalue weighted by Gasteiger charge is -2.23. The molecule has 1 aliphatic rings. The topological polar surface area (TPSA) is 95.1 Å². The Bertz CT molecular complexity index is 726. The molecule has 3 heterocycles. The van der Waals surface area contributed by atoms with Gasteiger partial charge in [0.1, 0.15) is 11.4 Å². The van der Waals surface area contributed by atoms with E-state index in [2.05, 4.69) is 15.4 Å². The van der Waals surface area contributed by atoms with E-state index in [9.17, 15) is 4.79 Å². The van der Waals surface area contributed by atoms with Gasteiger partial charge in [0, 0.05) is 12.7 Å². The third-order valence-corrected chi connectivity index (χ3v) is 3.86. The van der Waals surface area contributed by atoms with Gasteiger partial charge in [0.2, 0.25) is 0 Å². The highest BCUT2D eigenvalue weighted by Crippen LogP contribution is 2.29. The van der Waals surface area contributed by atoms with E-state index in [0.717, 1.165) is 31.4 Å². The second-order valence-corrected chi connectivity index (χ2v) is 6.89. The van der Waals surface area contributed by atoms with Crippen molar-refractivity contribution in [1.82, 2.24) is 20.1 Å². The maximum absolute atomic E-state index is 12.5. The molecule has 1 atom stereocenters. The number of anilines is 1. The highest BCUT2D eigenvalue weighted by Gasteiger charge is 2.27. The number of carbonyl (C=O) groups excluding carboxylic acids is 1. The second-order valence-electron chi connectivity index (χ2n) is 6.89. The van der Waals surface area contributed by atoms with E-state index in [0.29, 0.717) is 11.2 Å². The largest absolute Gasteiger partial charge is 0.455 e. The summed E-state index contributed by atoms with van der Waals surface area (Å²) in [6.45, 7) is 7.33. The van der Waals surface area contributed by atoms with E-state index in [1.807, 2.05) is 31.5 Å². The molecule has 23 heavy (non-hydrogen) atoms. The SMILES string of the molecule is CC(C)(C)OC(=O)c1nn([C@@H]2CCCNC2)c2ccnc(N)c12. The first-order chi connectivity index (χ1) is 10.9. The van der Waals surface area contributed by atoms with Gasteiger partial charge in [0.15, 0.2) is 5.69 Å². The molecule has 3 N–H and O–H groups in total. The summed E-state index contributed by atoms with van der Waals surface area (Å²) in [6.07, 6.45) is 3.74. The highest BCUT2D eigenvalue weighted by molar-refractivity contribution is 6.06. The van der Waals surface area contributed by atoms with Gasteiger partial charge in [-0.2, -0.15) is 5.10 Å². The van der Waals surface area contributed by atoms with Crippen molar-refractivity contribution < 1.29 is 9.53 Å². The Kier molecular flexibility index (Phi) is 3.97. The molecular weight excluding hydrogens is 294 g/mol. The number of esters is 1. The summed E-state index contributed by atoms with van der Waals surface area (Å²) in [5, 5.41) is 8.48. The third kappa shape index (κ3) is 3.14. The summed E-state index contributed by atoms with van der Waals surface area (Å²) in [5.74, 6) is -0.164. The van der Waals surface area contributed by atoms with Crippen molar-refractivity contribution in [3.8, 4) is 0 Å². The van der Waals surface area contributed by atoms with Crippen molar-refractivity contribution in [3.63, 3.8) is 0 Å². The van der Waals surface area contributed by atoms with Crippen LogP contribution in [0, 0.1) is 0 Å². The number of aromatic nitrogens is 3. The number of nitrogens with zero attached hydrogens (tertiary/aromatic N) is 3. The van der Waals surface area contributed by atoms with E-state index < -0.39 is 11.6 Å². The molecule has 124 valence electrons. The maximum Gasteiger partial charge on any atom is 0.360 e.